The summed E-state index contributed by atoms with van der Waals surface area (Å²) in [5.41, 5.74) is 2.27. The van der Waals surface area contributed by atoms with Crippen LogP contribution in [0.2, 0.25) is 0 Å². The zero-order chi connectivity index (χ0) is 15.9. The van der Waals surface area contributed by atoms with Gasteiger partial charge < -0.3 is 14.2 Å². The van der Waals surface area contributed by atoms with Crippen LogP contribution in [-0.2, 0) is 0 Å². The molecule has 2 aromatic rings. The van der Waals surface area contributed by atoms with E-state index in [1.807, 2.05) is 31.2 Å². The predicted octanol–water partition coefficient (Wildman–Crippen LogP) is 4.58. The summed E-state index contributed by atoms with van der Waals surface area (Å²) in [4.78, 5) is 0. The van der Waals surface area contributed by atoms with E-state index in [9.17, 15) is 13.2 Å². The molecule has 2 rings (SSSR count). The molecule has 0 saturated carbocycles. The number of aryl methyl sites for hydroxylation is 1. The van der Waals surface area contributed by atoms with Crippen molar-refractivity contribution >= 4 is 0 Å². The Labute approximate surface area is 126 Å². The van der Waals surface area contributed by atoms with Crippen LogP contribution in [0, 0.1) is 6.92 Å². The van der Waals surface area contributed by atoms with E-state index in [4.69, 9.17) is 14.2 Å². The van der Waals surface area contributed by atoms with Crippen LogP contribution >= 0.6 is 0 Å². The highest BCUT2D eigenvalue weighted by atomic mass is 19.1. The van der Waals surface area contributed by atoms with E-state index in [1.165, 1.54) is 6.07 Å². The van der Waals surface area contributed by atoms with Crippen LogP contribution in [0.15, 0.2) is 36.4 Å². The Hall–Kier alpha value is -2.37. The topological polar surface area (TPSA) is 27.7 Å². The Morgan fingerprint density at radius 1 is 0.727 bits per heavy atom. The molecule has 0 fully saturated rings. The number of hydrogen-bond donors (Lipinski definition) is 0. The normalized spacial score (nSPS) is 10.4. The average Bonchev–Trinajstić information content (AvgIpc) is 2.52. The highest BCUT2D eigenvalue weighted by Crippen LogP contribution is 2.45. The molecule has 2 aromatic carbocycles. The minimum Gasteiger partial charge on any atom is -0.459 e. The van der Waals surface area contributed by atoms with Crippen molar-refractivity contribution in [2.24, 2.45) is 0 Å². The summed E-state index contributed by atoms with van der Waals surface area (Å²) in [7, 11) is 0. The molecule has 0 heterocycles. The lowest BCUT2D eigenvalue weighted by Gasteiger charge is -2.17. The van der Waals surface area contributed by atoms with Crippen LogP contribution in [0.3, 0.4) is 0 Å². The molecule has 3 nitrogen and oxygen atoms in total. The van der Waals surface area contributed by atoms with Gasteiger partial charge >= 0.3 is 0 Å². The Morgan fingerprint density at radius 3 is 1.91 bits per heavy atom. The number of hydrogen-bond acceptors (Lipinski definition) is 3. The number of ether oxygens (including phenoxy) is 3. The average molecular weight is 312 g/mol. The summed E-state index contributed by atoms with van der Waals surface area (Å²) in [5.74, 6) is -0.259. The van der Waals surface area contributed by atoms with Crippen molar-refractivity contribution in [2.75, 3.05) is 20.6 Å². The van der Waals surface area contributed by atoms with Gasteiger partial charge in [-0.3, -0.25) is 0 Å². The summed E-state index contributed by atoms with van der Waals surface area (Å²) in [5, 5.41) is 0. The maximum Gasteiger partial charge on any atom is 0.229 e. The third-order valence-corrected chi connectivity index (χ3v) is 3.05. The van der Waals surface area contributed by atoms with Crippen LogP contribution in [0.1, 0.15) is 5.56 Å². The van der Waals surface area contributed by atoms with E-state index in [0.29, 0.717) is 5.56 Å². The summed E-state index contributed by atoms with van der Waals surface area (Å²) in [6, 6.07) is 10.4. The van der Waals surface area contributed by atoms with Crippen molar-refractivity contribution in [3.63, 3.8) is 0 Å². The second-order valence-electron chi connectivity index (χ2n) is 4.40. The molecule has 0 atom stereocenters. The summed E-state index contributed by atoms with van der Waals surface area (Å²) >= 11 is 0. The number of rotatable bonds is 7. The maximum atomic E-state index is 12.7. The first-order chi connectivity index (χ1) is 10.7. The Balaban J connectivity index is 2.57. The van der Waals surface area contributed by atoms with Crippen LogP contribution < -0.4 is 14.2 Å². The monoisotopic (exact) mass is 312 g/mol. The molecule has 0 aliphatic rings. The number of halogens is 3. The minimum atomic E-state index is -1.18. The van der Waals surface area contributed by atoms with Crippen LogP contribution in [0.5, 0.6) is 17.2 Å². The summed E-state index contributed by atoms with van der Waals surface area (Å²) in [6.07, 6.45) is 0. The zero-order valence-electron chi connectivity index (χ0n) is 11.9. The second-order valence-corrected chi connectivity index (χ2v) is 4.40. The van der Waals surface area contributed by atoms with Gasteiger partial charge in [-0.1, -0.05) is 29.8 Å². The van der Waals surface area contributed by atoms with Crippen LogP contribution in [0.25, 0.3) is 11.1 Å². The van der Waals surface area contributed by atoms with Crippen molar-refractivity contribution in [1.82, 2.24) is 0 Å². The molecule has 0 amide bonds. The largest absolute Gasteiger partial charge is 0.459 e. The summed E-state index contributed by atoms with van der Waals surface area (Å²) in [6.45, 7) is -1.51. The molecule has 0 N–H and O–H groups in total. The molecule has 22 heavy (non-hydrogen) atoms. The molecule has 0 aromatic heterocycles. The fourth-order valence-electron chi connectivity index (χ4n) is 2.07. The molecule has 0 unspecified atom stereocenters. The molecule has 0 aliphatic carbocycles. The van der Waals surface area contributed by atoms with E-state index >= 15 is 0 Å². The van der Waals surface area contributed by atoms with Crippen LogP contribution in [-0.4, -0.2) is 20.6 Å². The molecule has 0 saturated heterocycles. The molecule has 6 heteroatoms. The van der Waals surface area contributed by atoms with Gasteiger partial charge in [0.15, 0.2) is 11.5 Å². The first-order valence-electron chi connectivity index (χ1n) is 6.51. The van der Waals surface area contributed by atoms with E-state index in [1.54, 1.807) is 6.07 Å². The molecular weight excluding hydrogens is 297 g/mol. The van der Waals surface area contributed by atoms with Gasteiger partial charge in [-0.05, 0) is 24.6 Å². The van der Waals surface area contributed by atoms with Gasteiger partial charge in [-0.2, -0.15) is 0 Å². The SMILES string of the molecule is Cc1ccc(-c2ccc(OCF)c(OCF)c2OCF)cc1. The molecule has 0 spiro atoms. The third kappa shape index (κ3) is 3.44. The lowest BCUT2D eigenvalue weighted by Crippen LogP contribution is -2.02. The minimum absolute atomic E-state index is 0.0325. The van der Waals surface area contributed by atoms with Gasteiger partial charge in [0.05, 0.1) is 0 Å². The quantitative estimate of drug-likeness (QED) is 0.749. The Bertz CT molecular complexity index is 615. The van der Waals surface area contributed by atoms with Gasteiger partial charge in [0.25, 0.3) is 0 Å². The Kier molecular flexibility index (Phi) is 5.52. The fraction of sp³-hybridized carbons (Fsp3) is 0.250. The third-order valence-electron chi connectivity index (χ3n) is 3.05. The van der Waals surface area contributed by atoms with Crippen molar-refractivity contribution in [3.05, 3.63) is 42.0 Å². The highest BCUT2D eigenvalue weighted by molar-refractivity contribution is 5.76. The van der Waals surface area contributed by atoms with E-state index in [-0.39, 0.29) is 17.2 Å². The first-order valence-corrected chi connectivity index (χ1v) is 6.51. The van der Waals surface area contributed by atoms with Gasteiger partial charge in [-0.15, -0.1) is 0 Å². The van der Waals surface area contributed by atoms with Crippen molar-refractivity contribution in [2.45, 2.75) is 6.92 Å². The lowest BCUT2D eigenvalue weighted by molar-refractivity contribution is 0.140. The molecular formula is C16H15F3O3. The van der Waals surface area contributed by atoms with Crippen LogP contribution in [0.4, 0.5) is 13.2 Å². The Morgan fingerprint density at radius 2 is 1.32 bits per heavy atom. The molecule has 0 bridgehead atoms. The first kappa shape index (κ1) is 16.0. The number of alkyl halides is 3. The number of benzene rings is 2. The molecule has 0 radical (unpaired) electrons. The highest BCUT2D eigenvalue weighted by Gasteiger charge is 2.19. The predicted molar refractivity (Wildman–Crippen MR) is 76.4 cm³/mol. The molecule has 118 valence electrons. The standard InChI is InChI=1S/C16H15F3O3/c1-11-2-4-12(5-3-11)13-6-7-14(20-8-17)16(22-10-19)15(13)21-9-18/h2-7H,8-10H2,1H3. The van der Waals surface area contributed by atoms with Gasteiger partial charge in [-0.25, -0.2) is 13.2 Å². The maximum absolute atomic E-state index is 12.7. The van der Waals surface area contributed by atoms with Gasteiger partial charge in [0, 0.05) is 5.56 Å². The van der Waals surface area contributed by atoms with E-state index in [2.05, 4.69) is 0 Å². The lowest BCUT2D eigenvalue weighted by atomic mass is 10.0. The van der Waals surface area contributed by atoms with Crippen molar-refractivity contribution in [1.29, 1.82) is 0 Å². The second kappa shape index (κ2) is 7.59. The van der Waals surface area contributed by atoms with E-state index in [0.717, 1.165) is 11.1 Å². The van der Waals surface area contributed by atoms with Crippen molar-refractivity contribution in [3.8, 4) is 28.4 Å². The zero-order valence-corrected chi connectivity index (χ0v) is 11.9. The fourth-order valence-corrected chi connectivity index (χ4v) is 2.07. The van der Waals surface area contributed by atoms with Gasteiger partial charge in [0.2, 0.25) is 26.3 Å². The van der Waals surface area contributed by atoms with E-state index < -0.39 is 20.6 Å². The smallest absolute Gasteiger partial charge is 0.229 e. The van der Waals surface area contributed by atoms with Gasteiger partial charge in [0.1, 0.15) is 0 Å². The summed E-state index contributed by atoms with van der Waals surface area (Å²) < 4.78 is 52.1. The van der Waals surface area contributed by atoms with Crippen molar-refractivity contribution < 1.29 is 27.4 Å². The molecule has 0 aliphatic heterocycles.